The maximum atomic E-state index is 5.85. The Morgan fingerprint density at radius 3 is 2.74 bits per heavy atom. The zero-order valence-electron chi connectivity index (χ0n) is 11.2. The third-order valence-electron chi connectivity index (χ3n) is 3.48. The Morgan fingerprint density at radius 1 is 1.26 bits per heavy atom. The minimum absolute atomic E-state index is 0.636. The molecule has 0 bridgehead atoms. The number of nitrogen functional groups attached to an aromatic ring is 1. The van der Waals surface area contributed by atoms with Crippen LogP contribution in [0, 0.1) is 6.92 Å². The summed E-state index contributed by atoms with van der Waals surface area (Å²) in [7, 11) is 0. The monoisotopic (exact) mass is 253 g/mol. The number of hydrogen-bond donors (Lipinski definition) is 1. The highest BCUT2D eigenvalue weighted by Gasteiger charge is 2.29. The van der Waals surface area contributed by atoms with Crippen LogP contribution in [0.2, 0.25) is 0 Å². The molecular formula is C16H19N3. The smallest absolute Gasteiger partial charge is 0.129 e. The molecule has 1 heterocycles. The normalized spacial score (nSPS) is 14.4. The van der Waals surface area contributed by atoms with Crippen molar-refractivity contribution in [3.63, 3.8) is 0 Å². The van der Waals surface area contributed by atoms with Gasteiger partial charge in [0.15, 0.2) is 0 Å². The molecule has 3 heteroatoms. The van der Waals surface area contributed by atoms with E-state index in [1.807, 2.05) is 24.4 Å². The Balaban J connectivity index is 1.83. The molecule has 98 valence electrons. The van der Waals surface area contributed by atoms with Crippen LogP contribution in [-0.4, -0.2) is 11.0 Å². The molecule has 0 spiro atoms. The molecule has 1 saturated carbocycles. The molecule has 1 aromatic carbocycles. The molecular weight excluding hydrogens is 234 g/mol. The van der Waals surface area contributed by atoms with Crippen LogP contribution in [-0.2, 0) is 6.54 Å². The lowest BCUT2D eigenvalue weighted by Gasteiger charge is -2.23. The number of rotatable bonds is 4. The van der Waals surface area contributed by atoms with Crippen LogP contribution < -0.4 is 10.6 Å². The van der Waals surface area contributed by atoms with Crippen molar-refractivity contribution in [1.82, 2.24) is 4.98 Å². The van der Waals surface area contributed by atoms with E-state index >= 15 is 0 Å². The largest absolute Gasteiger partial charge is 0.399 e. The molecule has 0 saturated heterocycles. The van der Waals surface area contributed by atoms with Crippen molar-refractivity contribution in [2.45, 2.75) is 32.4 Å². The fourth-order valence-electron chi connectivity index (χ4n) is 2.30. The van der Waals surface area contributed by atoms with Crippen molar-refractivity contribution < 1.29 is 0 Å². The number of aryl methyl sites for hydroxylation is 1. The number of anilines is 2. The van der Waals surface area contributed by atoms with Gasteiger partial charge in [-0.05, 0) is 49.1 Å². The molecule has 1 aromatic heterocycles. The van der Waals surface area contributed by atoms with Crippen LogP contribution in [0.25, 0.3) is 0 Å². The van der Waals surface area contributed by atoms with Crippen LogP contribution in [0.5, 0.6) is 0 Å². The molecule has 2 N–H and O–H groups in total. The van der Waals surface area contributed by atoms with Crippen LogP contribution in [0.1, 0.15) is 24.0 Å². The molecule has 0 atom stereocenters. The van der Waals surface area contributed by atoms with Gasteiger partial charge in [-0.15, -0.1) is 0 Å². The SMILES string of the molecule is Cc1ccc(N(Cc2cccc(N)c2)C2CC2)nc1. The Bertz CT molecular complexity index is 558. The third kappa shape index (κ3) is 2.87. The van der Waals surface area contributed by atoms with Crippen molar-refractivity contribution in [2.24, 2.45) is 0 Å². The van der Waals surface area contributed by atoms with E-state index in [0.717, 1.165) is 18.1 Å². The Hall–Kier alpha value is -2.03. The van der Waals surface area contributed by atoms with Gasteiger partial charge in [-0.2, -0.15) is 0 Å². The molecule has 3 nitrogen and oxygen atoms in total. The summed E-state index contributed by atoms with van der Waals surface area (Å²) < 4.78 is 0. The van der Waals surface area contributed by atoms with Gasteiger partial charge < -0.3 is 10.6 Å². The predicted octanol–water partition coefficient (Wildman–Crippen LogP) is 3.14. The third-order valence-corrected chi connectivity index (χ3v) is 3.48. The number of benzene rings is 1. The predicted molar refractivity (Wildman–Crippen MR) is 79.0 cm³/mol. The highest BCUT2D eigenvalue weighted by atomic mass is 15.2. The first-order valence-electron chi connectivity index (χ1n) is 6.76. The summed E-state index contributed by atoms with van der Waals surface area (Å²) in [5.74, 6) is 1.07. The first-order valence-corrected chi connectivity index (χ1v) is 6.76. The van der Waals surface area contributed by atoms with Gasteiger partial charge in [-0.3, -0.25) is 0 Å². The summed E-state index contributed by atoms with van der Waals surface area (Å²) in [6, 6.07) is 13.0. The number of nitrogens with two attached hydrogens (primary N) is 1. The van der Waals surface area contributed by atoms with E-state index in [9.17, 15) is 0 Å². The fourth-order valence-corrected chi connectivity index (χ4v) is 2.30. The summed E-state index contributed by atoms with van der Waals surface area (Å²) in [5, 5.41) is 0. The summed E-state index contributed by atoms with van der Waals surface area (Å²) in [5.41, 5.74) is 9.12. The van der Waals surface area contributed by atoms with E-state index in [2.05, 4.69) is 35.0 Å². The summed E-state index contributed by atoms with van der Waals surface area (Å²) in [6.45, 7) is 2.95. The molecule has 3 rings (SSSR count). The zero-order valence-corrected chi connectivity index (χ0v) is 11.2. The van der Waals surface area contributed by atoms with Crippen LogP contribution in [0.15, 0.2) is 42.6 Å². The molecule has 1 aliphatic rings. The lowest BCUT2D eigenvalue weighted by atomic mass is 10.2. The molecule has 0 radical (unpaired) electrons. The number of pyridine rings is 1. The maximum Gasteiger partial charge on any atom is 0.129 e. The Labute approximate surface area is 114 Å². The molecule has 2 aromatic rings. The minimum Gasteiger partial charge on any atom is -0.399 e. The number of aromatic nitrogens is 1. The molecule has 0 aliphatic heterocycles. The van der Waals surface area contributed by atoms with Crippen molar-refractivity contribution in [3.05, 3.63) is 53.7 Å². The van der Waals surface area contributed by atoms with E-state index in [1.54, 1.807) is 0 Å². The van der Waals surface area contributed by atoms with Gasteiger partial charge in [-0.25, -0.2) is 4.98 Å². The van der Waals surface area contributed by atoms with Gasteiger partial charge in [0.2, 0.25) is 0 Å². The minimum atomic E-state index is 0.636. The van der Waals surface area contributed by atoms with Crippen LogP contribution >= 0.6 is 0 Å². The molecule has 0 unspecified atom stereocenters. The zero-order chi connectivity index (χ0) is 13.2. The van der Waals surface area contributed by atoms with E-state index in [0.29, 0.717) is 6.04 Å². The second-order valence-corrected chi connectivity index (χ2v) is 5.30. The van der Waals surface area contributed by atoms with E-state index < -0.39 is 0 Å². The first kappa shape index (κ1) is 12.0. The van der Waals surface area contributed by atoms with E-state index in [4.69, 9.17) is 5.73 Å². The van der Waals surface area contributed by atoms with E-state index in [-0.39, 0.29) is 0 Å². The van der Waals surface area contributed by atoms with Gasteiger partial charge in [0, 0.05) is 24.5 Å². The van der Waals surface area contributed by atoms with Crippen molar-refractivity contribution in [1.29, 1.82) is 0 Å². The second-order valence-electron chi connectivity index (χ2n) is 5.30. The highest BCUT2D eigenvalue weighted by molar-refractivity contribution is 5.46. The average molecular weight is 253 g/mol. The van der Waals surface area contributed by atoms with E-state index in [1.165, 1.54) is 24.0 Å². The molecule has 1 fully saturated rings. The summed E-state index contributed by atoms with van der Waals surface area (Å²) in [4.78, 5) is 6.94. The van der Waals surface area contributed by atoms with Gasteiger partial charge in [0.1, 0.15) is 5.82 Å². The summed E-state index contributed by atoms with van der Waals surface area (Å²) in [6.07, 6.45) is 4.46. The second kappa shape index (κ2) is 4.92. The maximum absolute atomic E-state index is 5.85. The molecule has 1 aliphatic carbocycles. The average Bonchev–Trinajstić information content (AvgIpc) is 3.22. The lowest BCUT2D eigenvalue weighted by molar-refractivity contribution is 0.778. The van der Waals surface area contributed by atoms with Gasteiger partial charge in [0.25, 0.3) is 0 Å². The van der Waals surface area contributed by atoms with Crippen molar-refractivity contribution >= 4 is 11.5 Å². The topological polar surface area (TPSA) is 42.1 Å². The quantitative estimate of drug-likeness (QED) is 0.851. The van der Waals surface area contributed by atoms with Crippen molar-refractivity contribution in [2.75, 3.05) is 10.6 Å². The summed E-state index contributed by atoms with van der Waals surface area (Å²) >= 11 is 0. The van der Waals surface area contributed by atoms with Crippen LogP contribution in [0.3, 0.4) is 0 Å². The standard InChI is InChI=1S/C16H19N3/c1-12-5-8-16(18-10-12)19(15-6-7-15)11-13-3-2-4-14(17)9-13/h2-5,8-10,15H,6-7,11,17H2,1H3. The lowest BCUT2D eigenvalue weighted by Crippen LogP contribution is -2.25. The van der Waals surface area contributed by atoms with Gasteiger partial charge in [-0.1, -0.05) is 18.2 Å². The Morgan fingerprint density at radius 2 is 2.11 bits per heavy atom. The van der Waals surface area contributed by atoms with Gasteiger partial charge in [0.05, 0.1) is 0 Å². The van der Waals surface area contributed by atoms with Gasteiger partial charge >= 0.3 is 0 Å². The molecule has 0 amide bonds. The fraction of sp³-hybridized carbons (Fsp3) is 0.312. The highest BCUT2D eigenvalue weighted by Crippen LogP contribution is 2.32. The number of nitrogens with zero attached hydrogens (tertiary/aromatic N) is 2. The van der Waals surface area contributed by atoms with Crippen molar-refractivity contribution in [3.8, 4) is 0 Å². The Kier molecular flexibility index (Phi) is 3.11. The molecule has 19 heavy (non-hydrogen) atoms. The first-order chi connectivity index (χ1) is 9.22. The number of hydrogen-bond acceptors (Lipinski definition) is 3. The van der Waals surface area contributed by atoms with Crippen LogP contribution in [0.4, 0.5) is 11.5 Å².